The Bertz CT molecular complexity index is 452. The summed E-state index contributed by atoms with van der Waals surface area (Å²) in [5.41, 5.74) is 2.64. The molecule has 0 aliphatic carbocycles. The lowest BCUT2D eigenvalue weighted by Gasteiger charge is -2.06. The van der Waals surface area contributed by atoms with Gasteiger partial charge in [-0.1, -0.05) is 30.6 Å². The van der Waals surface area contributed by atoms with Gasteiger partial charge in [-0.15, -0.1) is 0 Å². The number of pyridine rings is 1. The molecule has 2 heterocycles. The summed E-state index contributed by atoms with van der Waals surface area (Å²) < 4.78 is 4.75. The summed E-state index contributed by atoms with van der Waals surface area (Å²) in [6.45, 7) is 4.21. The third-order valence-corrected chi connectivity index (χ3v) is 2.52. The van der Waals surface area contributed by atoms with E-state index in [0.717, 1.165) is 11.1 Å². The summed E-state index contributed by atoms with van der Waals surface area (Å²) in [6.07, 6.45) is 4.96. The first-order chi connectivity index (χ1) is 7.18. The summed E-state index contributed by atoms with van der Waals surface area (Å²) in [6, 6.07) is 1.93. The van der Waals surface area contributed by atoms with Crippen molar-refractivity contribution in [2.24, 2.45) is 0 Å². The molecule has 0 saturated carbocycles. The van der Waals surface area contributed by atoms with Crippen molar-refractivity contribution in [3.05, 3.63) is 35.3 Å². The molecule has 0 amide bonds. The topological polar surface area (TPSA) is 38.9 Å². The lowest BCUT2D eigenvalue weighted by atomic mass is 10.1. The molecule has 15 heavy (non-hydrogen) atoms. The van der Waals surface area contributed by atoms with Crippen LogP contribution in [0.5, 0.6) is 0 Å². The van der Waals surface area contributed by atoms with Gasteiger partial charge in [-0.25, -0.2) is 0 Å². The van der Waals surface area contributed by atoms with Gasteiger partial charge >= 0.3 is 0 Å². The second-order valence-electron chi connectivity index (χ2n) is 3.67. The molecule has 0 atom stereocenters. The maximum atomic E-state index is 6.13. The Morgan fingerprint density at radius 1 is 1.33 bits per heavy atom. The Labute approximate surface area is 93.1 Å². The minimum Gasteiger partial charge on any atom is -0.364 e. The molecule has 0 aliphatic rings. The lowest BCUT2D eigenvalue weighted by Crippen LogP contribution is -1.91. The van der Waals surface area contributed by atoms with Crippen LogP contribution in [-0.2, 0) is 0 Å². The van der Waals surface area contributed by atoms with E-state index in [0.29, 0.717) is 16.6 Å². The maximum Gasteiger partial charge on any atom is 0.133 e. The number of halogens is 1. The molecule has 0 bridgehead atoms. The lowest BCUT2D eigenvalue weighted by molar-refractivity contribution is 0.420. The van der Waals surface area contributed by atoms with Crippen LogP contribution in [-0.4, -0.2) is 10.1 Å². The van der Waals surface area contributed by atoms with Gasteiger partial charge in [0.25, 0.3) is 0 Å². The van der Waals surface area contributed by atoms with E-state index in [-0.39, 0.29) is 0 Å². The Kier molecular flexibility index (Phi) is 2.73. The van der Waals surface area contributed by atoms with Crippen molar-refractivity contribution in [1.82, 2.24) is 10.1 Å². The molecule has 0 aliphatic heterocycles. The molecule has 0 spiro atoms. The highest BCUT2D eigenvalue weighted by Gasteiger charge is 2.09. The molecule has 3 nitrogen and oxygen atoms in total. The number of hydrogen-bond donors (Lipinski definition) is 0. The van der Waals surface area contributed by atoms with Gasteiger partial charge in [0.2, 0.25) is 0 Å². The average Bonchev–Trinajstić information content (AvgIpc) is 2.70. The second kappa shape index (κ2) is 4.03. The SMILES string of the molecule is CC(C)c1cnc(-c2cnoc2)c(Cl)c1. The Morgan fingerprint density at radius 3 is 2.67 bits per heavy atom. The van der Waals surface area contributed by atoms with E-state index in [4.69, 9.17) is 16.1 Å². The first-order valence-corrected chi connectivity index (χ1v) is 5.11. The summed E-state index contributed by atoms with van der Waals surface area (Å²) in [7, 11) is 0. The fourth-order valence-corrected chi connectivity index (χ4v) is 1.59. The minimum atomic E-state index is 0.423. The van der Waals surface area contributed by atoms with Crippen molar-refractivity contribution in [3.63, 3.8) is 0 Å². The molecular formula is C11H11ClN2O. The average molecular weight is 223 g/mol. The van der Waals surface area contributed by atoms with Crippen LogP contribution in [0, 0.1) is 0 Å². The number of hydrogen-bond acceptors (Lipinski definition) is 3. The van der Waals surface area contributed by atoms with Crippen molar-refractivity contribution < 1.29 is 4.52 Å². The van der Waals surface area contributed by atoms with E-state index in [9.17, 15) is 0 Å². The van der Waals surface area contributed by atoms with E-state index in [2.05, 4.69) is 24.0 Å². The molecule has 78 valence electrons. The van der Waals surface area contributed by atoms with Crippen LogP contribution in [0.15, 0.2) is 29.2 Å². The van der Waals surface area contributed by atoms with E-state index < -0.39 is 0 Å². The van der Waals surface area contributed by atoms with Gasteiger partial charge in [-0.3, -0.25) is 4.98 Å². The minimum absolute atomic E-state index is 0.423. The van der Waals surface area contributed by atoms with Crippen LogP contribution in [0.4, 0.5) is 0 Å². The van der Waals surface area contributed by atoms with Gasteiger partial charge in [0.1, 0.15) is 6.26 Å². The van der Waals surface area contributed by atoms with Gasteiger partial charge in [-0.2, -0.15) is 0 Å². The predicted octanol–water partition coefficient (Wildman–Crippen LogP) is 3.51. The van der Waals surface area contributed by atoms with Crippen molar-refractivity contribution in [2.45, 2.75) is 19.8 Å². The smallest absolute Gasteiger partial charge is 0.133 e. The molecule has 2 aromatic heterocycles. The summed E-state index contributed by atoms with van der Waals surface area (Å²) in [5, 5.41) is 4.25. The fraction of sp³-hybridized carbons (Fsp3) is 0.273. The Morgan fingerprint density at radius 2 is 2.13 bits per heavy atom. The van der Waals surface area contributed by atoms with Gasteiger partial charge < -0.3 is 4.52 Å². The monoisotopic (exact) mass is 222 g/mol. The van der Waals surface area contributed by atoms with Crippen LogP contribution in [0.25, 0.3) is 11.3 Å². The number of nitrogens with zero attached hydrogens (tertiary/aromatic N) is 2. The second-order valence-corrected chi connectivity index (χ2v) is 4.07. The normalized spacial score (nSPS) is 10.9. The molecule has 0 unspecified atom stereocenters. The molecule has 0 fully saturated rings. The zero-order valence-electron chi connectivity index (χ0n) is 8.57. The highest BCUT2D eigenvalue weighted by Crippen LogP contribution is 2.27. The van der Waals surface area contributed by atoms with Gasteiger partial charge in [-0.05, 0) is 17.5 Å². The van der Waals surface area contributed by atoms with Gasteiger partial charge in [0, 0.05) is 6.20 Å². The zero-order valence-corrected chi connectivity index (χ0v) is 9.32. The quantitative estimate of drug-likeness (QED) is 0.781. The van der Waals surface area contributed by atoms with Crippen molar-refractivity contribution >= 4 is 11.6 Å². The largest absolute Gasteiger partial charge is 0.364 e. The summed E-state index contributed by atoms with van der Waals surface area (Å²) in [5.74, 6) is 0.423. The van der Waals surface area contributed by atoms with Gasteiger partial charge in [0.15, 0.2) is 0 Å². The van der Waals surface area contributed by atoms with Crippen molar-refractivity contribution in [2.75, 3.05) is 0 Å². The van der Waals surface area contributed by atoms with Crippen LogP contribution < -0.4 is 0 Å². The molecule has 4 heteroatoms. The summed E-state index contributed by atoms with van der Waals surface area (Å²) >= 11 is 6.13. The Hall–Kier alpha value is -1.35. The van der Waals surface area contributed by atoms with E-state index in [1.54, 1.807) is 6.20 Å². The molecular weight excluding hydrogens is 212 g/mol. The van der Waals surface area contributed by atoms with Crippen molar-refractivity contribution in [3.8, 4) is 11.3 Å². The molecule has 0 aromatic carbocycles. The predicted molar refractivity (Wildman–Crippen MR) is 58.8 cm³/mol. The van der Waals surface area contributed by atoms with Crippen LogP contribution >= 0.6 is 11.6 Å². The third kappa shape index (κ3) is 2.02. The highest BCUT2D eigenvalue weighted by molar-refractivity contribution is 6.33. The Balaban J connectivity index is 2.44. The summed E-state index contributed by atoms with van der Waals surface area (Å²) in [4.78, 5) is 4.31. The molecule has 0 saturated heterocycles. The van der Waals surface area contributed by atoms with E-state index in [1.165, 1.54) is 6.26 Å². The van der Waals surface area contributed by atoms with E-state index in [1.807, 2.05) is 12.3 Å². The van der Waals surface area contributed by atoms with Crippen molar-refractivity contribution in [1.29, 1.82) is 0 Å². The highest BCUT2D eigenvalue weighted by atomic mass is 35.5. The number of rotatable bonds is 2. The maximum absolute atomic E-state index is 6.13. The first-order valence-electron chi connectivity index (χ1n) is 4.73. The van der Waals surface area contributed by atoms with Gasteiger partial charge in [0.05, 0.1) is 22.5 Å². The van der Waals surface area contributed by atoms with Crippen LogP contribution in [0.1, 0.15) is 25.3 Å². The fourth-order valence-electron chi connectivity index (χ4n) is 1.30. The molecule has 0 N–H and O–H groups in total. The third-order valence-electron chi connectivity index (χ3n) is 2.23. The molecule has 0 radical (unpaired) electrons. The first kappa shape index (κ1) is 10.2. The zero-order chi connectivity index (χ0) is 10.8. The van der Waals surface area contributed by atoms with Crippen LogP contribution in [0.3, 0.4) is 0 Å². The van der Waals surface area contributed by atoms with Crippen LogP contribution in [0.2, 0.25) is 5.02 Å². The molecule has 2 rings (SSSR count). The molecule has 2 aromatic rings. The standard InChI is InChI=1S/C11H11ClN2O/c1-7(2)8-3-10(12)11(13-4-8)9-5-14-15-6-9/h3-7H,1-2H3. The van der Waals surface area contributed by atoms with E-state index >= 15 is 0 Å². The number of aromatic nitrogens is 2.